The van der Waals surface area contributed by atoms with E-state index >= 15 is 0 Å². The Morgan fingerprint density at radius 1 is 1.50 bits per heavy atom. The first-order chi connectivity index (χ1) is 7.79. The highest BCUT2D eigenvalue weighted by molar-refractivity contribution is 4.99. The third-order valence-electron chi connectivity index (χ3n) is 3.38. The molecule has 4 heteroatoms. The maximum absolute atomic E-state index is 5.67. The largest absolute Gasteiger partial charge is 0.330 e. The van der Waals surface area contributed by atoms with Gasteiger partial charge in [-0.05, 0) is 38.4 Å². The van der Waals surface area contributed by atoms with Crippen molar-refractivity contribution in [3.8, 4) is 0 Å². The van der Waals surface area contributed by atoms with E-state index in [1.807, 2.05) is 17.9 Å². The standard InChI is InChI=1S/C12H22N4/c1-15-9-6-11(14-15)10-16-8-3-2-4-12(16)5-7-13/h6,9,12H,2-5,7-8,10,13H2,1H3. The summed E-state index contributed by atoms with van der Waals surface area (Å²) in [7, 11) is 1.97. The first kappa shape index (κ1) is 11.6. The Labute approximate surface area is 97.4 Å². The molecule has 1 unspecified atom stereocenters. The third kappa shape index (κ3) is 2.83. The van der Waals surface area contributed by atoms with Crippen LogP contribution in [0, 0.1) is 0 Å². The van der Waals surface area contributed by atoms with Crippen LogP contribution in [0.1, 0.15) is 31.4 Å². The highest BCUT2D eigenvalue weighted by Gasteiger charge is 2.22. The van der Waals surface area contributed by atoms with Crippen LogP contribution in [0.5, 0.6) is 0 Å². The van der Waals surface area contributed by atoms with Crippen LogP contribution in [-0.2, 0) is 13.6 Å². The molecule has 1 saturated heterocycles. The molecule has 0 amide bonds. The van der Waals surface area contributed by atoms with Gasteiger partial charge in [0.05, 0.1) is 5.69 Å². The normalized spacial score (nSPS) is 22.5. The van der Waals surface area contributed by atoms with Gasteiger partial charge in [-0.15, -0.1) is 0 Å². The molecule has 0 bridgehead atoms. The van der Waals surface area contributed by atoms with Gasteiger partial charge in [-0.3, -0.25) is 9.58 Å². The lowest BCUT2D eigenvalue weighted by molar-refractivity contribution is 0.132. The topological polar surface area (TPSA) is 47.1 Å². The highest BCUT2D eigenvalue weighted by Crippen LogP contribution is 2.20. The number of nitrogens with two attached hydrogens (primary N) is 1. The van der Waals surface area contributed by atoms with Gasteiger partial charge in [0.15, 0.2) is 0 Å². The van der Waals surface area contributed by atoms with Crippen LogP contribution in [0.15, 0.2) is 12.3 Å². The average molecular weight is 222 g/mol. The maximum atomic E-state index is 5.67. The summed E-state index contributed by atoms with van der Waals surface area (Å²) in [5.41, 5.74) is 6.85. The Morgan fingerprint density at radius 3 is 3.06 bits per heavy atom. The van der Waals surface area contributed by atoms with Crippen molar-refractivity contribution in [2.75, 3.05) is 13.1 Å². The summed E-state index contributed by atoms with van der Waals surface area (Å²) in [6.07, 6.45) is 7.09. The minimum atomic E-state index is 0.667. The molecule has 4 nitrogen and oxygen atoms in total. The zero-order valence-corrected chi connectivity index (χ0v) is 10.1. The molecule has 1 atom stereocenters. The zero-order chi connectivity index (χ0) is 11.4. The molecule has 1 aliphatic rings. The quantitative estimate of drug-likeness (QED) is 0.830. The summed E-state index contributed by atoms with van der Waals surface area (Å²) in [5, 5.41) is 4.44. The molecule has 0 saturated carbocycles. The molecule has 2 rings (SSSR count). The van der Waals surface area contributed by atoms with E-state index in [9.17, 15) is 0 Å². The predicted octanol–water partition coefficient (Wildman–Crippen LogP) is 1.12. The van der Waals surface area contributed by atoms with E-state index in [4.69, 9.17) is 5.73 Å². The number of hydrogen-bond donors (Lipinski definition) is 1. The minimum absolute atomic E-state index is 0.667. The highest BCUT2D eigenvalue weighted by atomic mass is 15.3. The zero-order valence-electron chi connectivity index (χ0n) is 10.1. The monoisotopic (exact) mass is 222 g/mol. The number of nitrogens with zero attached hydrogens (tertiary/aromatic N) is 3. The number of piperidine rings is 1. The predicted molar refractivity (Wildman–Crippen MR) is 64.9 cm³/mol. The third-order valence-corrected chi connectivity index (χ3v) is 3.38. The second kappa shape index (κ2) is 5.46. The second-order valence-corrected chi connectivity index (χ2v) is 4.68. The summed E-state index contributed by atoms with van der Waals surface area (Å²) in [4.78, 5) is 2.54. The van der Waals surface area contributed by atoms with Crippen LogP contribution in [0.25, 0.3) is 0 Å². The summed E-state index contributed by atoms with van der Waals surface area (Å²) in [6.45, 7) is 2.97. The molecule has 0 aliphatic carbocycles. The van der Waals surface area contributed by atoms with Crippen LogP contribution < -0.4 is 5.73 Å². The van der Waals surface area contributed by atoms with Crippen LogP contribution in [0.3, 0.4) is 0 Å². The molecular formula is C12H22N4. The maximum Gasteiger partial charge on any atom is 0.0764 e. The fraction of sp³-hybridized carbons (Fsp3) is 0.750. The second-order valence-electron chi connectivity index (χ2n) is 4.68. The van der Waals surface area contributed by atoms with Crippen molar-refractivity contribution >= 4 is 0 Å². The Bertz CT molecular complexity index is 319. The van der Waals surface area contributed by atoms with E-state index in [2.05, 4.69) is 16.1 Å². The molecule has 2 N–H and O–H groups in total. The van der Waals surface area contributed by atoms with E-state index in [-0.39, 0.29) is 0 Å². The Morgan fingerprint density at radius 2 is 2.38 bits per heavy atom. The summed E-state index contributed by atoms with van der Waals surface area (Å²) < 4.78 is 1.87. The Hall–Kier alpha value is -0.870. The molecule has 0 aromatic carbocycles. The van der Waals surface area contributed by atoms with Gasteiger partial charge in [-0.25, -0.2) is 0 Å². The van der Waals surface area contributed by atoms with Gasteiger partial charge in [0, 0.05) is 25.8 Å². The van der Waals surface area contributed by atoms with Crippen molar-refractivity contribution in [3.63, 3.8) is 0 Å². The lowest BCUT2D eigenvalue weighted by Crippen LogP contribution is -2.40. The van der Waals surface area contributed by atoms with Gasteiger partial charge in [-0.1, -0.05) is 6.42 Å². The number of aryl methyl sites for hydroxylation is 1. The average Bonchev–Trinajstić information content (AvgIpc) is 2.67. The fourth-order valence-corrected chi connectivity index (χ4v) is 2.54. The molecule has 90 valence electrons. The van der Waals surface area contributed by atoms with Gasteiger partial charge in [-0.2, -0.15) is 5.10 Å². The molecule has 1 fully saturated rings. The van der Waals surface area contributed by atoms with Crippen LogP contribution >= 0.6 is 0 Å². The van der Waals surface area contributed by atoms with Gasteiger partial charge in [0.1, 0.15) is 0 Å². The number of rotatable bonds is 4. The minimum Gasteiger partial charge on any atom is -0.330 e. The smallest absolute Gasteiger partial charge is 0.0764 e. The molecule has 1 aromatic heterocycles. The van der Waals surface area contributed by atoms with E-state index in [1.165, 1.54) is 31.5 Å². The Balaban J connectivity index is 1.95. The molecular weight excluding hydrogens is 200 g/mol. The number of likely N-dealkylation sites (tertiary alicyclic amines) is 1. The lowest BCUT2D eigenvalue weighted by Gasteiger charge is -2.35. The lowest BCUT2D eigenvalue weighted by atomic mass is 9.99. The molecule has 16 heavy (non-hydrogen) atoms. The van der Waals surface area contributed by atoms with E-state index in [1.54, 1.807) is 0 Å². The first-order valence-corrected chi connectivity index (χ1v) is 6.22. The van der Waals surface area contributed by atoms with Gasteiger partial charge >= 0.3 is 0 Å². The van der Waals surface area contributed by atoms with E-state index in [0.717, 1.165) is 19.5 Å². The first-order valence-electron chi connectivity index (χ1n) is 6.22. The molecule has 1 aromatic rings. The van der Waals surface area contributed by atoms with E-state index in [0.29, 0.717) is 6.04 Å². The molecule has 2 heterocycles. The van der Waals surface area contributed by atoms with Gasteiger partial charge < -0.3 is 5.73 Å². The Kier molecular flexibility index (Phi) is 3.96. The SMILES string of the molecule is Cn1ccc(CN2CCCCC2CCN)n1. The number of aromatic nitrogens is 2. The van der Waals surface area contributed by atoms with Crippen molar-refractivity contribution in [3.05, 3.63) is 18.0 Å². The summed E-state index contributed by atoms with van der Waals surface area (Å²) in [6, 6.07) is 2.77. The van der Waals surface area contributed by atoms with Crippen molar-refractivity contribution in [2.45, 2.75) is 38.3 Å². The van der Waals surface area contributed by atoms with Crippen LogP contribution in [0.4, 0.5) is 0 Å². The van der Waals surface area contributed by atoms with Crippen molar-refractivity contribution < 1.29 is 0 Å². The molecule has 1 aliphatic heterocycles. The van der Waals surface area contributed by atoms with E-state index < -0.39 is 0 Å². The van der Waals surface area contributed by atoms with Crippen molar-refractivity contribution in [1.82, 2.24) is 14.7 Å². The van der Waals surface area contributed by atoms with Gasteiger partial charge in [0.25, 0.3) is 0 Å². The van der Waals surface area contributed by atoms with Crippen molar-refractivity contribution in [1.29, 1.82) is 0 Å². The molecule has 0 spiro atoms. The fourth-order valence-electron chi connectivity index (χ4n) is 2.54. The van der Waals surface area contributed by atoms with Crippen LogP contribution in [0.2, 0.25) is 0 Å². The van der Waals surface area contributed by atoms with Crippen molar-refractivity contribution in [2.24, 2.45) is 12.8 Å². The van der Waals surface area contributed by atoms with Crippen LogP contribution in [-0.4, -0.2) is 33.8 Å². The molecule has 0 radical (unpaired) electrons. The summed E-state index contributed by atoms with van der Waals surface area (Å²) >= 11 is 0. The van der Waals surface area contributed by atoms with Gasteiger partial charge in [0.2, 0.25) is 0 Å². The number of hydrogen-bond acceptors (Lipinski definition) is 3. The summed E-state index contributed by atoms with van der Waals surface area (Å²) in [5.74, 6) is 0.